The first-order valence-corrected chi connectivity index (χ1v) is 19.5. The fourth-order valence-corrected chi connectivity index (χ4v) is 7.91. The van der Waals surface area contributed by atoms with E-state index < -0.39 is 24.3 Å². The van der Waals surface area contributed by atoms with Gasteiger partial charge in [0.1, 0.15) is 29.5 Å². The van der Waals surface area contributed by atoms with E-state index in [9.17, 15) is 29.4 Å². The minimum absolute atomic E-state index is 0.0919. The van der Waals surface area contributed by atoms with Gasteiger partial charge in [-0.1, -0.05) is 74.5 Å². The summed E-state index contributed by atoms with van der Waals surface area (Å²) >= 11 is 0. The molecule has 2 aromatic heterocycles. The summed E-state index contributed by atoms with van der Waals surface area (Å²) in [5.41, 5.74) is 6.31. The lowest BCUT2D eigenvalue weighted by molar-refractivity contribution is -0.135. The normalized spacial score (nSPS) is 17.6. The molecule has 0 radical (unpaired) electrons. The molecule has 58 heavy (non-hydrogen) atoms. The van der Waals surface area contributed by atoms with Crippen LogP contribution < -0.4 is 10.6 Å². The highest BCUT2D eigenvalue weighted by Crippen LogP contribution is 2.35. The molecule has 0 bridgehead atoms. The van der Waals surface area contributed by atoms with Crippen LogP contribution in [0.1, 0.15) is 68.8 Å². The Kier molecular flexibility index (Phi) is 11.8. The number of nitrogens with one attached hydrogen (secondary N) is 4. The molecule has 4 atom stereocenters. The zero-order valence-corrected chi connectivity index (χ0v) is 32.6. The van der Waals surface area contributed by atoms with E-state index in [4.69, 9.17) is 4.74 Å². The Balaban J connectivity index is 0.997. The van der Waals surface area contributed by atoms with Crippen LogP contribution in [-0.4, -0.2) is 96.2 Å². The second kappa shape index (κ2) is 17.2. The highest BCUT2D eigenvalue weighted by molar-refractivity contribution is 5.87. The number of H-pyrrole nitrogens is 2. The van der Waals surface area contributed by atoms with Crippen LogP contribution in [0.4, 0.5) is 9.59 Å². The summed E-state index contributed by atoms with van der Waals surface area (Å²) in [5, 5.41) is 24.2. The van der Waals surface area contributed by atoms with Gasteiger partial charge in [-0.05, 0) is 71.6 Å². The smallest absolute Gasteiger partial charge is 0.407 e. The van der Waals surface area contributed by atoms with E-state index in [0.717, 1.165) is 58.5 Å². The molecule has 4 amide bonds. The number of benzene rings is 3. The van der Waals surface area contributed by atoms with Crippen molar-refractivity contribution in [3.05, 3.63) is 102 Å². The summed E-state index contributed by atoms with van der Waals surface area (Å²) in [6, 6.07) is 20.4. The van der Waals surface area contributed by atoms with Gasteiger partial charge in [0, 0.05) is 19.5 Å². The molecule has 5 aromatic rings. The van der Waals surface area contributed by atoms with Crippen LogP contribution in [0, 0.1) is 5.92 Å². The van der Waals surface area contributed by atoms with Crippen molar-refractivity contribution in [3.63, 3.8) is 0 Å². The second-order valence-electron chi connectivity index (χ2n) is 15.1. The molecule has 4 heterocycles. The highest BCUT2D eigenvalue weighted by Gasteiger charge is 2.38. The number of phenolic OH excluding ortho intramolecular Hbond substituents is 1. The van der Waals surface area contributed by atoms with Gasteiger partial charge in [-0.15, -0.1) is 0 Å². The molecule has 6 N–H and O–H groups in total. The number of hydrogen-bond donors (Lipinski definition) is 6. The van der Waals surface area contributed by atoms with Crippen molar-refractivity contribution in [3.8, 4) is 39.4 Å². The van der Waals surface area contributed by atoms with Crippen LogP contribution in [0.15, 0.2) is 85.2 Å². The van der Waals surface area contributed by atoms with Gasteiger partial charge in [0.2, 0.25) is 11.8 Å². The average molecular weight is 789 g/mol. The quantitative estimate of drug-likeness (QED) is 0.0823. The first-order valence-electron chi connectivity index (χ1n) is 19.5. The third kappa shape index (κ3) is 8.67. The number of phenols is 1. The van der Waals surface area contributed by atoms with Crippen molar-refractivity contribution in [1.29, 1.82) is 0 Å². The van der Waals surface area contributed by atoms with Crippen molar-refractivity contribution in [2.75, 3.05) is 20.2 Å². The molecule has 3 aromatic carbocycles. The topological polar surface area (TPSA) is 206 Å². The Bertz CT molecular complexity index is 2230. The molecule has 302 valence electrons. The van der Waals surface area contributed by atoms with E-state index in [1.807, 2.05) is 50.2 Å². The predicted molar refractivity (Wildman–Crippen MR) is 215 cm³/mol. The largest absolute Gasteiger partial charge is 0.508 e. The van der Waals surface area contributed by atoms with E-state index in [0.29, 0.717) is 31.2 Å². The fourth-order valence-electron chi connectivity index (χ4n) is 7.91. The minimum atomic E-state index is -1.28. The number of alkyl carbamates (subject to hydrolysis) is 1. The molecule has 2 fully saturated rings. The van der Waals surface area contributed by atoms with Crippen molar-refractivity contribution in [2.45, 2.75) is 70.1 Å². The maximum atomic E-state index is 13.7. The number of hydrogen-bond acceptors (Lipinski definition) is 8. The van der Waals surface area contributed by atoms with Gasteiger partial charge in [-0.3, -0.25) is 9.59 Å². The molecule has 2 aliphatic rings. The number of carbonyl (C=O) groups is 4. The van der Waals surface area contributed by atoms with Crippen LogP contribution in [0.5, 0.6) is 5.75 Å². The van der Waals surface area contributed by atoms with Gasteiger partial charge in [-0.2, -0.15) is 0 Å². The van der Waals surface area contributed by atoms with Crippen molar-refractivity contribution in [1.82, 2.24) is 40.4 Å². The number of methoxy groups -OCH3 is 1. The highest BCUT2D eigenvalue weighted by atomic mass is 16.5. The van der Waals surface area contributed by atoms with E-state index in [1.165, 1.54) is 19.2 Å². The van der Waals surface area contributed by atoms with Crippen LogP contribution in [0.3, 0.4) is 0 Å². The fraction of sp³-hybridized carbons (Fsp3) is 0.349. The van der Waals surface area contributed by atoms with Gasteiger partial charge < -0.3 is 45.4 Å². The number of amides is 4. The molecular weight excluding hydrogens is 741 g/mol. The molecule has 7 rings (SSSR count). The van der Waals surface area contributed by atoms with E-state index in [-0.39, 0.29) is 42.0 Å². The Morgan fingerprint density at radius 3 is 1.69 bits per heavy atom. The van der Waals surface area contributed by atoms with Crippen molar-refractivity contribution < 1.29 is 34.1 Å². The molecule has 0 spiro atoms. The summed E-state index contributed by atoms with van der Waals surface area (Å²) in [7, 11) is 1.28. The third-order valence-corrected chi connectivity index (χ3v) is 11.0. The SMILES string of the molecule is COC(=O)N[C@H](C(=O)N1CCC[C@H]1c1ncc(-c2ccc(-c3ccc(-c4cnc([C@@H]5CCCN5C(=O)[C@H](Cc5ccc(O)cc5)NC(=O)O)[nH]4)cc3)cc2)[nH]1)C(C)C. The number of aromatic nitrogens is 4. The van der Waals surface area contributed by atoms with Crippen LogP contribution in [0.25, 0.3) is 33.6 Å². The Hall–Kier alpha value is -6.64. The maximum absolute atomic E-state index is 13.7. The number of rotatable bonds is 12. The van der Waals surface area contributed by atoms with E-state index in [1.54, 1.807) is 34.3 Å². The number of aromatic amines is 2. The molecule has 2 saturated heterocycles. The lowest BCUT2D eigenvalue weighted by atomic mass is 10.0. The lowest BCUT2D eigenvalue weighted by Crippen LogP contribution is -2.51. The summed E-state index contributed by atoms with van der Waals surface area (Å²) in [4.78, 5) is 70.5. The second-order valence-corrected chi connectivity index (χ2v) is 15.1. The Labute approximate surface area is 335 Å². The first-order chi connectivity index (χ1) is 28.0. The van der Waals surface area contributed by atoms with Gasteiger partial charge in [-0.25, -0.2) is 19.6 Å². The monoisotopic (exact) mass is 788 g/mol. The summed E-state index contributed by atoms with van der Waals surface area (Å²) in [5.74, 6) is 0.854. The Morgan fingerprint density at radius 1 is 0.741 bits per heavy atom. The van der Waals surface area contributed by atoms with Crippen LogP contribution in [-0.2, 0) is 20.7 Å². The standard InChI is InChI=1S/C43H48N8O7/c1-25(2)37(49-43(57)58-3)41(54)51-21-5-7-36(51)39-45-24-34(47-39)30-16-12-28(13-17-30)27-10-14-29(15-11-27)33-23-44-38(46-33)35-6-4-20-50(35)40(53)32(48-42(55)56)22-26-8-18-31(52)19-9-26/h8-19,23-25,32,35-37,48,52H,4-7,20-22H2,1-3H3,(H,44,46)(H,45,47)(H,49,57)(H,55,56)/t32-,35-,36-,37-/m0/s1. The van der Waals surface area contributed by atoms with Gasteiger partial charge in [0.15, 0.2) is 0 Å². The van der Waals surface area contributed by atoms with Crippen LogP contribution >= 0.6 is 0 Å². The number of nitrogens with zero attached hydrogens (tertiary/aromatic N) is 4. The molecule has 0 saturated carbocycles. The molecule has 0 aliphatic carbocycles. The summed E-state index contributed by atoms with van der Waals surface area (Å²) in [6.45, 7) is 4.85. The van der Waals surface area contributed by atoms with E-state index >= 15 is 0 Å². The number of imidazole rings is 2. The zero-order chi connectivity index (χ0) is 40.9. The molecule has 2 aliphatic heterocycles. The predicted octanol–water partition coefficient (Wildman–Crippen LogP) is 6.43. The van der Waals surface area contributed by atoms with Gasteiger partial charge >= 0.3 is 12.2 Å². The number of likely N-dealkylation sites (tertiary alicyclic amines) is 2. The maximum Gasteiger partial charge on any atom is 0.407 e. The van der Waals surface area contributed by atoms with E-state index in [2.05, 4.69) is 42.7 Å². The van der Waals surface area contributed by atoms with Gasteiger partial charge in [0.25, 0.3) is 0 Å². The molecule has 15 nitrogen and oxygen atoms in total. The first kappa shape index (κ1) is 39.6. The average Bonchev–Trinajstić information content (AvgIpc) is 4.07. The minimum Gasteiger partial charge on any atom is -0.508 e. The van der Waals surface area contributed by atoms with Crippen LogP contribution in [0.2, 0.25) is 0 Å². The summed E-state index contributed by atoms with van der Waals surface area (Å²) in [6.07, 6.45) is 4.84. The van der Waals surface area contributed by atoms with Crippen molar-refractivity contribution in [2.24, 2.45) is 5.92 Å². The zero-order valence-electron chi connectivity index (χ0n) is 32.6. The van der Waals surface area contributed by atoms with Gasteiger partial charge in [0.05, 0.1) is 43.0 Å². The number of carbonyl (C=O) groups excluding carboxylic acids is 3. The molecular formula is C43H48N8O7. The lowest BCUT2D eigenvalue weighted by Gasteiger charge is -2.30. The number of carboxylic acid groups (broad SMARTS) is 1. The van der Waals surface area contributed by atoms with Crippen molar-refractivity contribution >= 4 is 24.0 Å². The number of aromatic hydroxyl groups is 1. The summed E-state index contributed by atoms with van der Waals surface area (Å²) < 4.78 is 4.75. The molecule has 15 heteroatoms. The molecule has 0 unspecified atom stereocenters. The Morgan fingerprint density at radius 2 is 1.22 bits per heavy atom. The number of ether oxygens (including phenoxy) is 1. The third-order valence-electron chi connectivity index (χ3n) is 11.0.